The van der Waals surface area contributed by atoms with Crippen LogP contribution in [0.15, 0.2) is 84.9 Å². The van der Waals surface area contributed by atoms with Crippen LogP contribution in [-0.2, 0) is 17.9 Å². The Kier molecular flexibility index (Phi) is 6.39. The Morgan fingerprint density at radius 1 is 0.815 bits per heavy atom. The number of carbonyl (C=O) groups is 1. The van der Waals surface area contributed by atoms with E-state index in [0.717, 1.165) is 11.1 Å². The molecule has 0 aliphatic heterocycles. The van der Waals surface area contributed by atoms with E-state index in [9.17, 15) is 9.90 Å². The summed E-state index contributed by atoms with van der Waals surface area (Å²) in [7, 11) is 0. The summed E-state index contributed by atoms with van der Waals surface area (Å²) in [6.45, 7) is 3.87. The molecule has 3 rings (SSSR count). The lowest BCUT2D eigenvalue weighted by Gasteiger charge is -2.27. The van der Waals surface area contributed by atoms with Gasteiger partial charge in [0.15, 0.2) is 0 Å². The van der Waals surface area contributed by atoms with E-state index >= 15 is 0 Å². The second-order valence-corrected chi connectivity index (χ2v) is 6.89. The number of hydrogen-bond donors (Lipinski definition) is 1. The number of aryl methyl sites for hydroxylation is 1. The molecule has 0 aromatic heterocycles. The van der Waals surface area contributed by atoms with Crippen LogP contribution in [0.2, 0.25) is 0 Å². The van der Waals surface area contributed by atoms with Gasteiger partial charge in [-0.25, -0.2) is 0 Å². The summed E-state index contributed by atoms with van der Waals surface area (Å²) < 4.78 is 0. The molecule has 0 saturated heterocycles. The normalized spacial score (nSPS) is 12.1. The Morgan fingerprint density at radius 2 is 1.30 bits per heavy atom. The van der Waals surface area contributed by atoms with Gasteiger partial charge in [-0.1, -0.05) is 84.9 Å². The molecule has 0 amide bonds. The van der Waals surface area contributed by atoms with Crippen LogP contribution in [0.25, 0.3) is 0 Å². The number of carboxylic acid groups (broad SMARTS) is 1. The van der Waals surface area contributed by atoms with E-state index in [2.05, 4.69) is 29.2 Å². The Balaban J connectivity index is 1.86. The smallest absolute Gasteiger partial charge is 0.312 e. The van der Waals surface area contributed by atoms with Crippen molar-refractivity contribution in [1.29, 1.82) is 0 Å². The van der Waals surface area contributed by atoms with Gasteiger partial charge in [-0.3, -0.25) is 9.69 Å². The fraction of sp³-hybridized carbons (Fsp3) is 0.208. The Hall–Kier alpha value is -2.91. The summed E-state index contributed by atoms with van der Waals surface area (Å²) in [6, 6.07) is 28.2. The van der Waals surface area contributed by atoms with E-state index in [1.54, 1.807) is 0 Å². The van der Waals surface area contributed by atoms with E-state index < -0.39 is 11.9 Å². The lowest BCUT2D eigenvalue weighted by molar-refractivity contribution is -0.139. The monoisotopic (exact) mass is 359 g/mol. The number of hydrogen-bond acceptors (Lipinski definition) is 2. The summed E-state index contributed by atoms with van der Waals surface area (Å²) in [5.74, 6) is -1.34. The van der Waals surface area contributed by atoms with Crippen molar-refractivity contribution in [3.8, 4) is 0 Å². The molecular weight excluding hydrogens is 334 g/mol. The molecule has 0 saturated carbocycles. The number of aliphatic carboxylic acids is 1. The zero-order valence-electron chi connectivity index (χ0n) is 15.6. The third-order valence-electron chi connectivity index (χ3n) is 4.80. The summed E-state index contributed by atoms with van der Waals surface area (Å²) in [4.78, 5) is 14.3. The predicted molar refractivity (Wildman–Crippen MR) is 109 cm³/mol. The molecule has 3 aromatic rings. The maximum atomic E-state index is 12.1. The lowest BCUT2D eigenvalue weighted by Crippen LogP contribution is -2.31. The third-order valence-corrected chi connectivity index (χ3v) is 4.80. The van der Waals surface area contributed by atoms with Crippen molar-refractivity contribution in [3.05, 3.63) is 107 Å². The van der Waals surface area contributed by atoms with E-state index in [1.165, 1.54) is 11.1 Å². The molecule has 0 spiro atoms. The van der Waals surface area contributed by atoms with Crippen LogP contribution < -0.4 is 0 Å². The average Bonchev–Trinajstić information content (AvgIpc) is 2.68. The molecule has 3 aromatic carbocycles. The molecule has 0 heterocycles. The lowest BCUT2D eigenvalue weighted by atomic mass is 9.94. The number of nitrogens with zero attached hydrogens (tertiary/aromatic N) is 1. The van der Waals surface area contributed by atoms with Crippen LogP contribution in [0.4, 0.5) is 0 Å². The van der Waals surface area contributed by atoms with Crippen LogP contribution in [0.1, 0.15) is 28.2 Å². The molecule has 1 N–H and O–H groups in total. The molecule has 0 radical (unpaired) electrons. The van der Waals surface area contributed by atoms with E-state index in [4.69, 9.17) is 0 Å². The molecule has 0 aliphatic rings. The van der Waals surface area contributed by atoms with Gasteiger partial charge in [0.25, 0.3) is 0 Å². The minimum absolute atomic E-state index is 0.462. The second-order valence-electron chi connectivity index (χ2n) is 6.89. The molecule has 3 heteroatoms. The molecule has 138 valence electrons. The Morgan fingerprint density at radius 3 is 1.78 bits per heavy atom. The van der Waals surface area contributed by atoms with Gasteiger partial charge in [0.1, 0.15) is 0 Å². The van der Waals surface area contributed by atoms with Gasteiger partial charge in [-0.05, 0) is 29.2 Å². The van der Waals surface area contributed by atoms with E-state index in [1.807, 2.05) is 67.6 Å². The van der Waals surface area contributed by atoms with Gasteiger partial charge < -0.3 is 5.11 Å². The fourth-order valence-corrected chi connectivity index (χ4v) is 3.41. The van der Waals surface area contributed by atoms with Gasteiger partial charge in [-0.15, -0.1) is 0 Å². The Labute approximate surface area is 160 Å². The number of carboxylic acids is 1. The molecular formula is C24H25NO2. The van der Waals surface area contributed by atoms with E-state index in [0.29, 0.717) is 19.6 Å². The summed E-state index contributed by atoms with van der Waals surface area (Å²) >= 11 is 0. The van der Waals surface area contributed by atoms with Gasteiger partial charge in [-0.2, -0.15) is 0 Å². The Bertz CT molecular complexity index is 820. The van der Waals surface area contributed by atoms with E-state index in [-0.39, 0.29) is 0 Å². The number of benzene rings is 3. The van der Waals surface area contributed by atoms with Crippen LogP contribution in [0, 0.1) is 6.92 Å². The minimum atomic E-state index is -0.782. The molecule has 0 bridgehead atoms. The standard InChI is InChI=1S/C24H25NO2/c1-19-10-8-9-15-22(19)23(24(26)27)18-25(16-20-11-4-2-5-12-20)17-21-13-6-3-7-14-21/h2-15,23H,16-18H2,1H3,(H,26,27). The van der Waals surface area contributed by atoms with Gasteiger partial charge in [0.05, 0.1) is 5.92 Å². The van der Waals surface area contributed by atoms with Crippen LogP contribution >= 0.6 is 0 Å². The fourth-order valence-electron chi connectivity index (χ4n) is 3.41. The van der Waals surface area contributed by atoms with Crippen molar-refractivity contribution in [2.24, 2.45) is 0 Å². The molecule has 3 nitrogen and oxygen atoms in total. The molecule has 0 aliphatic carbocycles. The maximum Gasteiger partial charge on any atom is 0.312 e. The van der Waals surface area contributed by atoms with Gasteiger partial charge in [0, 0.05) is 19.6 Å². The van der Waals surface area contributed by atoms with Crippen LogP contribution in [0.5, 0.6) is 0 Å². The first-order chi connectivity index (χ1) is 13.1. The SMILES string of the molecule is Cc1ccccc1C(CN(Cc1ccccc1)Cc1ccccc1)C(=O)O. The van der Waals surface area contributed by atoms with Gasteiger partial charge in [0.2, 0.25) is 0 Å². The largest absolute Gasteiger partial charge is 0.481 e. The van der Waals surface area contributed by atoms with Crippen molar-refractivity contribution in [2.45, 2.75) is 25.9 Å². The first-order valence-electron chi connectivity index (χ1n) is 9.22. The van der Waals surface area contributed by atoms with Crippen molar-refractivity contribution in [3.63, 3.8) is 0 Å². The van der Waals surface area contributed by atoms with Crippen LogP contribution in [-0.4, -0.2) is 22.5 Å². The molecule has 1 unspecified atom stereocenters. The quantitative estimate of drug-likeness (QED) is 0.624. The number of rotatable bonds is 8. The highest BCUT2D eigenvalue weighted by Crippen LogP contribution is 2.23. The maximum absolute atomic E-state index is 12.1. The predicted octanol–water partition coefficient (Wildman–Crippen LogP) is 4.87. The average molecular weight is 359 g/mol. The molecule has 0 fully saturated rings. The zero-order chi connectivity index (χ0) is 19.1. The highest BCUT2D eigenvalue weighted by molar-refractivity contribution is 5.77. The van der Waals surface area contributed by atoms with Crippen molar-refractivity contribution in [1.82, 2.24) is 4.90 Å². The summed E-state index contributed by atoms with van der Waals surface area (Å²) in [6.07, 6.45) is 0. The zero-order valence-corrected chi connectivity index (χ0v) is 15.6. The highest BCUT2D eigenvalue weighted by atomic mass is 16.4. The van der Waals surface area contributed by atoms with Crippen molar-refractivity contribution >= 4 is 5.97 Å². The summed E-state index contributed by atoms with van der Waals surface area (Å²) in [5, 5.41) is 9.91. The third kappa shape index (κ3) is 5.28. The van der Waals surface area contributed by atoms with Crippen molar-refractivity contribution in [2.75, 3.05) is 6.54 Å². The van der Waals surface area contributed by atoms with Gasteiger partial charge >= 0.3 is 5.97 Å². The first kappa shape index (κ1) is 18.9. The highest BCUT2D eigenvalue weighted by Gasteiger charge is 2.24. The van der Waals surface area contributed by atoms with Crippen molar-refractivity contribution < 1.29 is 9.90 Å². The first-order valence-corrected chi connectivity index (χ1v) is 9.22. The minimum Gasteiger partial charge on any atom is -0.481 e. The topological polar surface area (TPSA) is 40.5 Å². The molecule has 1 atom stereocenters. The summed E-state index contributed by atoms with van der Waals surface area (Å²) in [5.41, 5.74) is 4.27. The van der Waals surface area contributed by atoms with Crippen LogP contribution in [0.3, 0.4) is 0 Å². The molecule has 27 heavy (non-hydrogen) atoms. The second kappa shape index (κ2) is 9.15.